The molecule has 0 unspecified atom stereocenters. The first kappa shape index (κ1) is 32.9. The lowest BCUT2D eigenvalue weighted by Crippen LogP contribution is -2.57. The summed E-state index contributed by atoms with van der Waals surface area (Å²) in [6, 6.07) is 5.08. The number of terminal acetylenes is 1. The van der Waals surface area contributed by atoms with Gasteiger partial charge in [-0.2, -0.15) is 15.0 Å². The van der Waals surface area contributed by atoms with Crippen molar-refractivity contribution in [2.75, 3.05) is 44.8 Å². The number of benzene rings is 2. The molecule has 52 heavy (non-hydrogen) atoms. The van der Waals surface area contributed by atoms with Crippen molar-refractivity contribution in [3.8, 4) is 35.9 Å². The first-order valence-electron chi connectivity index (χ1n) is 17.9. The van der Waals surface area contributed by atoms with Crippen LogP contribution in [0.15, 0.2) is 24.3 Å². The Balaban J connectivity index is 1.18. The molecular weight excluding hydrogens is 676 g/mol. The molecular formula is C37H39F2N7O6. The number of halogens is 2. The van der Waals surface area contributed by atoms with Crippen molar-refractivity contribution in [1.29, 1.82) is 0 Å². The Bertz CT molecular complexity index is 2140. The second kappa shape index (κ2) is 12.3. The summed E-state index contributed by atoms with van der Waals surface area (Å²) in [6.07, 6.45) is 8.88. The van der Waals surface area contributed by atoms with E-state index in [1.165, 1.54) is 29.2 Å². The Labute approximate surface area is 298 Å². The molecule has 1 amide bonds. The number of rotatable bonds is 8. The minimum atomic E-state index is -0.995. The van der Waals surface area contributed by atoms with E-state index in [9.17, 15) is 23.8 Å². The summed E-state index contributed by atoms with van der Waals surface area (Å²) in [5.74, 6) is 2.37. The van der Waals surface area contributed by atoms with Gasteiger partial charge in [0.1, 0.15) is 35.6 Å². The zero-order chi connectivity index (χ0) is 35.9. The number of phenolic OH excluding ortho intramolecular Hbond substituents is 1. The highest BCUT2D eigenvalue weighted by atomic mass is 19.1. The molecule has 1 saturated carbocycles. The summed E-state index contributed by atoms with van der Waals surface area (Å²) >= 11 is 0. The number of phenols is 1. The number of carbonyl (C=O) groups is 1. The van der Waals surface area contributed by atoms with Crippen LogP contribution < -0.4 is 14.4 Å². The Morgan fingerprint density at radius 3 is 2.73 bits per heavy atom. The quantitative estimate of drug-likeness (QED) is 0.232. The van der Waals surface area contributed by atoms with Crippen molar-refractivity contribution in [2.45, 2.75) is 80.9 Å². The predicted octanol–water partition coefficient (Wildman–Crippen LogP) is 5.23. The van der Waals surface area contributed by atoms with Gasteiger partial charge in [-0.3, -0.25) is 14.4 Å². The minimum absolute atomic E-state index is 0.00258. The van der Waals surface area contributed by atoms with Crippen LogP contribution in [-0.4, -0.2) is 115 Å². The molecule has 2 N–H and O–H groups in total. The van der Waals surface area contributed by atoms with Crippen molar-refractivity contribution in [1.82, 2.24) is 29.3 Å². The summed E-state index contributed by atoms with van der Waals surface area (Å²) < 4.78 is 50.2. The Morgan fingerprint density at radius 2 is 1.98 bits per heavy atom. The molecule has 0 spiro atoms. The number of alkyl halides is 1. The van der Waals surface area contributed by atoms with Crippen LogP contribution >= 0.6 is 0 Å². The average Bonchev–Trinajstić information content (AvgIpc) is 3.79. The molecule has 5 atom stereocenters. The number of aromatic hydroxyl groups is 1. The maximum atomic E-state index is 15.0. The van der Waals surface area contributed by atoms with Crippen LogP contribution in [0.3, 0.4) is 0 Å². The lowest BCUT2D eigenvalue weighted by Gasteiger charge is -2.40. The van der Waals surface area contributed by atoms with Crippen LogP contribution in [0.25, 0.3) is 21.9 Å². The summed E-state index contributed by atoms with van der Waals surface area (Å²) in [6.45, 7) is 2.07. The molecule has 5 fully saturated rings. The standard InChI is InChI=1S/C37H39F2N7O6/c1-3-25-26(39)9-8-20-12-24(47)14-29(30(20)25)52-35-41-32-31(46(35)22-6-4-7-22)33(43-17-23-13-28(50-2)27(18-43)45(23)36(48)49)42-34(40-32)51-19-37-10-5-11-44(37)16-21(38)15-37/h1,8-9,12,14,21-23,27-28,47H,4-7,10-11,13,15-19H2,2H3,(H,48,49)/t21-,23+,27+,28-,37+/m1/s1. The second-order valence-corrected chi connectivity index (χ2v) is 14.8. The van der Waals surface area contributed by atoms with Gasteiger partial charge in [0.05, 0.1) is 29.3 Å². The summed E-state index contributed by atoms with van der Waals surface area (Å²) in [4.78, 5) is 32.7. The smallest absolute Gasteiger partial charge is 0.408 e. The maximum Gasteiger partial charge on any atom is 0.408 e. The number of methoxy groups -OCH3 is 1. The van der Waals surface area contributed by atoms with Gasteiger partial charge in [-0.25, -0.2) is 13.6 Å². The van der Waals surface area contributed by atoms with Gasteiger partial charge in [0.2, 0.25) is 0 Å². The predicted molar refractivity (Wildman–Crippen MR) is 185 cm³/mol. The highest BCUT2D eigenvalue weighted by Crippen LogP contribution is 2.46. The molecule has 15 heteroatoms. The molecule has 6 heterocycles. The molecule has 13 nitrogen and oxygen atoms in total. The van der Waals surface area contributed by atoms with E-state index < -0.39 is 29.7 Å². The van der Waals surface area contributed by atoms with E-state index in [0.29, 0.717) is 60.2 Å². The zero-order valence-electron chi connectivity index (χ0n) is 28.7. The van der Waals surface area contributed by atoms with E-state index in [1.54, 1.807) is 7.11 Å². The molecule has 4 aromatic rings. The van der Waals surface area contributed by atoms with E-state index in [1.807, 2.05) is 9.47 Å². The number of hydrogen-bond donors (Lipinski definition) is 2. The molecule has 2 bridgehead atoms. The summed E-state index contributed by atoms with van der Waals surface area (Å²) in [7, 11) is 1.60. The highest BCUT2D eigenvalue weighted by molar-refractivity contribution is 5.95. The van der Waals surface area contributed by atoms with Crippen LogP contribution in [-0.2, 0) is 4.74 Å². The normalized spacial score (nSPS) is 27.3. The van der Waals surface area contributed by atoms with Crippen LogP contribution in [0.5, 0.6) is 23.5 Å². The van der Waals surface area contributed by atoms with Crippen LogP contribution in [0.2, 0.25) is 0 Å². The molecule has 5 aliphatic rings. The summed E-state index contributed by atoms with van der Waals surface area (Å²) in [5.41, 5.74) is 0.441. The number of amides is 1. The van der Waals surface area contributed by atoms with Crippen LogP contribution in [0.1, 0.15) is 56.6 Å². The van der Waals surface area contributed by atoms with Crippen molar-refractivity contribution in [2.24, 2.45) is 0 Å². The van der Waals surface area contributed by atoms with Gasteiger partial charge in [-0.1, -0.05) is 12.0 Å². The van der Waals surface area contributed by atoms with Gasteiger partial charge in [0, 0.05) is 50.7 Å². The number of ether oxygens (including phenoxy) is 3. The number of piperazine rings is 1. The van der Waals surface area contributed by atoms with Gasteiger partial charge in [0.25, 0.3) is 0 Å². The number of anilines is 1. The van der Waals surface area contributed by atoms with Crippen molar-refractivity contribution in [3.63, 3.8) is 0 Å². The number of imidazole rings is 1. The van der Waals surface area contributed by atoms with Gasteiger partial charge in [-0.05, 0) is 62.6 Å². The third kappa shape index (κ3) is 5.17. The summed E-state index contributed by atoms with van der Waals surface area (Å²) in [5, 5.41) is 21.6. The third-order valence-electron chi connectivity index (χ3n) is 11.9. The molecule has 4 saturated heterocycles. The highest BCUT2D eigenvalue weighted by Gasteiger charge is 2.51. The van der Waals surface area contributed by atoms with Gasteiger partial charge < -0.3 is 29.3 Å². The largest absolute Gasteiger partial charge is 0.508 e. The number of aromatic nitrogens is 4. The fraction of sp³-hybridized carbons (Fsp3) is 0.514. The van der Waals surface area contributed by atoms with E-state index in [4.69, 9.17) is 35.6 Å². The van der Waals surface area contributed by atoms with Crippen molar-refractivity contribution >= 4 is 33.8 Å². The third-order valence-corrected chi connectivity index (χ3v) is 11.9. The van der Waals surface area contributed by atoms with Gasteiger partial charge in [0.15, 0.2) is 11.5 Å². The molecule has 0 radical (unpaired) electrons. The Hall–Kier alpha value is -4.94. The average molecular weight is 716 g/mol. The number of nitrogens with zero attached hydrogens (tertiary/aromatic N) is 7. The Kier molecular flexibility index (Phi) is 7.81. The number of carboxylic acid groups (broad SMARTS) is 1. The molecule has 2 aromatic heterocycles. The second-order valence-electron chi connectivity index (χ2n) is 14.8. The maximum absolute atomic E-state index is 15.0. The van der Waals surface area contributed by atoms with E-state index in [-0.39, 0.29) is 53.9 Å². The lowest BCUT2D eigenvalue weighted by atomic mass is 9.93. The van der Waals surface area contributed by atoms with Crippen molar-refractivity contribution < 1.29 is 38.0 Å². The van der Waals surface area contributed by atoms with E-state index in [2.05, 4.69) is 10.8 Å². The number of hydrogen-bond acceptors (Lipinski definition) is 10. The number of fused-ring (bicyclic) bond motifs is 5. The van der Waals surface area contributed by atoms with E-state index in [0.717, 1.165) is 38.6 Å². The van der Waals surface area contributed by atoms with Crippen molar-refractivity contribution in [3.05, 3.63) is 35.6 Å². The molecule has 1 aliphatic carbocycles. The lowest BCUT2D eigenvalue weighted by molar-refractivity contribution is 0.0596. The monoisotopic (exact) mass is 715 g/mol. The SMILES string of the molecule is C#Cc1c(F)ccc2cc(O)cc(Oc3nc4nc(OC[C@@]56CCCN5C[C@H](F)C6)nc(N5C[C@@H]6C[C@@H](OC)[C@H](C5)N6C(=O)O)c4n3C3CCC3)c12. The van der Waals surface area contributed by atoms with Crippen LogP contribution in [0, 0.1) is 18.2 Å². The molecule has 272 valence electrons. The van der Waals surface area contributed by atoms with Crippen LogP contribution in [0.4, 0.5) is 19.4 Å². The van der Waals surface area contributed by atoms with Gasteiger partial charge >= 0.3 is 18.1 Å². The molecule has 4 aliphatic heterocycles. The fourth-order valence-electron chi connectivity index (χ4n) is 9.28. The van der Waals surface area contributed by atoms with Gasteiger partial charge in [-0.15, -0.1) is 6.42 Å². The minimum Gasteiger partial charge on any atom is -0.508 e. The first-order chi connectivity index (χ1) is 25.2. The zero-order valence-corrected chi connectivity index (χ0v) is 28.7. The topological polar surface area (TPSA) is 139 Å². The molecule has 9 rings (SSSR count). The first-order valence-corrected chi connectivity index (χ1v) is 17.9. The fourth-order valence-corrected chi connectivity index (χ4v) is 9.28. The van der Waals surface area contributed by atoms with E-state index >= 15 is 0 Å². The molecule has 2 aromatic carbocycles. The Morgan fingerprint density at radius 1 is 1.13 bits per heavy atom.